The summed E-state index contributed by atoms with van der Waals surface area (Å²) in [6.07, 6.45) is 0. The molecule has 0 unspecified atom stereocenters. The summed E-state index contributed by atoms with van der Waals surface area (Å²) in [7, 11) is 3.43. The van der Waals surface area contributed by atoms with Crippen molar-refractivity contribution in [2.24, 2.45) is 4.99 Å². The number of rotatable bonds is 5. The molecule has 0 aliphatic heterocycles. The van der Waals surface area contributed by atoms with Crippen LogP contribution in [-0.4, -0.2) is 25.1 Å². The average Bonchev–Trinajstić information content (AvgIpc) is 2.93. The number of hydrogen-bond donors (Lipinski definition) is 2. The smallest absolute Gasteiger partial charge is 0.191 e. The third-order valence-electron chi connectivity index (χ3n) is 3.10. The molecule has 2 N–H and O–H groups in total. The lowest BCUT2D eigenvalue weighted by atomic mass is 10.2. The first-order valence-electron chi connectivity index (χ1n) is 6.69. The quantitative estimate of drug-likeness (QED) is 0.434. The lowest BCUT2D eigenvalue weighted by Gasteiger charge is -2.11. The molecule has 0 spiro atoms. The molecule has 0 atom stereocenters. The van der Waals surface area contributed by atoms with Crippen LogP contribution in [0.5, 0.6) is 5.75 Å². The van der Waals surface area contributed by atoms with Crippen molar-refractivity contribution in [2.75, 3.05) is 14.2 Å². The van der Waals surface area contributed by atoms with Crippen LogP contribution in [0, 0.1) is 6.92 Å². The number of guanidine groups is 1. The predicted molar refractivity (Wildman–Crippen MR) is 102 cm³/mol. The Kier molecular flexibility index (Phi) is 8.18. The molecule has 0 aliphatic rings. The van der Waals surface area contributed by atoms with E-state index in [0.717, 1.165) is 23.9 Å². The van der Waals surface area contributed by atoms with Crippen LogP contribution in [-0.2, 0) is 13.1 Å². The van der Waals surface area contributed by atoms with Crippen molar-refractivity contribution in [3.63, 3.8) is 0 Å². The van der Waals surface area contributed by atoms with Crippen LogP contribution < -0.4 is 15.4 Å². The minimum atomic E-state index is 0. The van der Waals surface area contributed by atoms with E-state index < -0.39 is 0 Å². The number of nitrogens with one attached hydrogen (secondary N) is 2. The standard InChI is InChI=1S/C15H20N4OS.HI/c1-11-14(21-10-19-11)9-18-15(16-2)17-8-12-4-6-13(20-3)7-5-12;/h4-7,10H,8-9H2,1-3H3,(H2,16,17,18);1H. The van der Waals surface area contributed by atoms with Gasteiger partial charge in [-0.05, 0) is 24.6 Å². The van der Waals surface area contributed by atoms with Crippen LogP contribution in [0.1, 0.15) is 16.1 Å². The van der Waals surface area contributed by atoms with E-state index >= 15 is 0 Å². The molecule has 0 fully saturated rings. The van der Waals surface area contributed by atoms with Crippen molar-refractivity contribution in [3.05, 3.63) is 45.9 Å². The number of benzene rings is 1. The van der Waals surface area contributed by atoms with Crippen molar-refractivity contribution in [1.82, 2.24) is 15.6 Å². The zero-order valence-corrected chi connectivity index (χ0v) is 16.1. The lowest BCUT2D eigenvalue weighted by Crippen LogP contribution is -2.36. The second-order valence-electron chi connectivity index (χ2n) is 4.49. The highest BCUT2D eigenvalue weighted by atomic mass is 127. The molecule has 0 bridgehead atoms. The highest BCUT2D eigenvalue weighted by Gasteiger charge is 2.03. The molecule has 0 amide bonds. The summed E-state index contributed by atoms with van der Waals surface area (Å²) >= 11 is 1.65. The van der Waals surface area contributed by atoms with Gasteiger partial charge in [0.05, 0.1) is 24.9 Å². The summed E-state index contributed by atoms with van der Waals surface area (Å²) in [6.45, 7) is 3.46. The molecular weight excluding hydrogens is 411 g/mol. The number of thiazole rings is 1. The van der Waals surface area contributed by atoms with E-state index in [1.807, 2.05) is 36.7 Å². The number of nitrogens with zero attached hydrogens (tertiary/aromatic N) is 2. The van der Waals surface area contributed by atoms with Crippen molar-refractivity contribution >= 4 is 41.3 Å². The molecule has 0 aliphatic carbocycles. The van der Waals surface area contributed by atoms with E-state index in [-0.39, 0.29) is 24.0 Å². The zero-order valence-electron chi connectivity index (χ0n) is 12.9. The van der Waals surface area contributed by atoms with Crippen molar-refractivity contribution in [1.29, 1.82) is 0 Å². The highest BCUT2D eigenvalue weighted by Crippen LogP contribution is 2.12. The largest absolute Gasteiger partial charge is 0.497 e. The molecule has 2 rings (SSSR count). The van der Waals surface area contributed by atoms with Gasteiger partial charge < -0.3 is 15.4 Å². The van der Waals surface area contributed by atoms with Gasteiger partial charge in [-0.1, -0.05) is 12.1 Å². The van der Waals surface area contributed by atoms with E-state index in [4.69, 9.17) is 4.74 Å². The van der Waals surface area contributed by atoms with E-state index in [2.05, 4.69) is 20.6 Å². The molecule has 1 heterocycles. The molecule has 1 aromatic heterocycles. The van der Waals surface area contributed by atoms with Gasteiger partial charge in [0, 0.05) is 18.5 Å². The summed E-state index contributed by atoms with van der Waals surface area (Å²) in [6, 6.07) is 7.97. The minimum Gasteiger partial charge on any atom is -0.497 e. The molecule has 120 valence electrons. The Morgan fingerprint density at radius 2 is 1.91 bits per heavy atom. The normalized spacial score (nSPS) is 10.8. The zero-order chi connectivity index (χ0) is 15.1. The first-order valence-corrected chi connectivity index (χ1v) is 7.57. The molecule has 5 nitrogen and oxygen atoms in total. The Hall–Kier alpha value is -1.35. The Labute approximate surface area is 152 Å². The SMILES string of the molecule is CN=C(NCc1ccc(OC)cc1)NCc1scnc1C.I. The summed E-state index contributed by atoms with van der Waals surface area (Å²) < 4.78 is 5.15. The fourth-order valence-corrected chi connectivity index (χ4v) is 2.53. The van der Waals surface area contributed by atoms with Crippen LogP contribution in [0.3, 0.4) is 0 Å². The maximum atomic E-state index is 5.15. The number of methoxy groups -OCH3 is 1. The van der Waals surface area contributed by atoms with Crippen LogP contribution in [0.25, 0.3) is 0 Å². The summed E-state index contributed by atoms with van der Waals surface area (Å²) in [4.78, 5) is 9.68. The highest BCUT2D eigenvalue weighted by molar-refractivity contribution is 14.0. The molecule has 0 saturated heterocycles. The molecule has 2 aromatic rings. The van der Waals surface area contributed by atoms with Gasteiger partial charge in [0.2, 0.25) is 0 Å². The second-order valence-corrected chi connectivity index (χ2v) is 5.43. The third-order valence-corrected chi connectivity index (χ3v) is 4.04. The summed E-state index contributed by atoms with van der Waals surface area (Å²) in [5.74, 6) is 1.64. The Bertz CT molecular complexity index is 598. The number of ether oxygens (including phenoxy) is 1. The second kappa shape index (κ2) is 9.62. The Morgan fingerprint density at radius 3 is 2.45 bits per heavy atom. The molecule has 0 radical (unpaired) electrons. The van der Waals surface area contributed by atoms with Crippen LogP contribution in [0.15, 0.2) is 34.8 Å². The number of aliphatic imine (C=N–C) groups is 1. The first kappa shape index (κ1) is 18.7. The van der Waals surface area contributed by atoms with E-state index in [9.17, 15) is 0 Å². The average molecular weight is 432 g/mol. The van der Waals surface area contributed by atoms with Crippen LogP contribution in [0.4, 0.5) is 0 Å². The predicted octanol–water partition coefficient (Wildman–Crippen LogP) is 2.94. The summed E-state index contributed by atoms with van der Waals surface area (Å²) in [5, 5.41) is 6.58. The van der Waals surface area contributed by atoms with E-state index in [1.54, 1.807) is 25.5 Å². The van der Waals surface area contributed by atoms with Gasteiger partial charge in [-0.15, -0.1) is 35.3 Å². The van der Waals surface area contributed by atoms with Gasteiger partial charge in [-0.25, -0.2) is 4.98 Å². The number of halogens is 1. The third kappa shape index (κ3) is 5.45. The fourth-order valence-electron chi connectivity index (χ4n) is 1.81. The number of aryl methyl sites for hydroxylation is 1. The Balaban J connectivity index is 0.00000242. The first-order chi connectivity index (χ1) is 10.2. The molecule has 1 aromatic carbocycles. The van der Waals surface area contributed by atoms with E-state index in [1.165, 1.54) is 10.4 Å². The van der Waals surface area contributed by atoms with Gasteiger partial charge in [-0.2, -0.15) is 0 Å². The topological polar surface area (TPSA) is 58.5 Å². The molecule has 0 saturated carbocycles. The summed E-state index contributed by atoms with van der Waals surface area (Å²) in [5.41, 5.74) is 4.10. The van der Waals surface area contributed by atoms with Crippen molar-refractivity contribution in [2.45, 2.75) is 20.0 Å². The molecular formula is C15H21IN4OS. The van der Waals surface area contributed by atoms with E-state index in [0.29, 0.717) is 6.54 Å². The lowest BCUT2D eigenvalue weighted by molar-refractivity contribution is 0.414. The monoisotopic (exact) mass is 432 g/mol. The number of hydrogen-bond acceptors (Lipinski definition) is 4. The van der Waals surface area contributed by atoms with Gasteiger partial charge in [0.15, 0.2) is 5.96 Å². The van der Waals surface area contributed by atoms with Gasteiger partial charge >= 0.3 is 0 Å². The van der Waals surface area contributed by atoms with Gasteiger partial charge in [0.1, 0.15) is 5.75 Å². The molecule has 22 heavy (non-hydrogen) atoms. The molecule has 7 heteroatoms. The van der Waals surface area contributed by atoms with Crippen molar-refractivity contribution < 1.29 is 4.74 Å². The minimum absolute atomic E-state index is 0. The number of aromatic nitrogens is 1. The van der Waals surface area contributed by atoms with Crippen LogP contribution in [0.2, 0.25) is 0 Å². The maximum absolute atomic E-state index is 5.15. The van der Waals surface area contributed by atoms with Gasteiger partial charge in [0.25, 0.3) is 0 Å². The van der Waals surface area contributed by atoms with Gasteiger partial charge in [-0.3, -0.25) is 4.99 Å². The van der Waals surface area contributed by atoms with Crippen molar-refractivity contribution in [3.8, 4) is 5.75 Å². The Morgan fingerprint density at radius 1 is 1.23 bits per heavy atom. The fraction of sp³-hybridized carbons (Fsp3) is 0.333. The maximum Gasteiger partial charge on any atom is 0.191 e. The van der Waals surface area contributed by atoms with Crippen LogP contribution >= 0.6 is 35.3 Å².